The minimum absolute atomic E-state index is 0.106. The molecule has 0 aliphatic carbocycles. The Hall–Kier alpha value is -1.07. The third-order valence-electron chi connectivity index (χ3n) is 3.15. The lowest BCUT2D eigenvalue weighted by molar-refractivity contribution is 0.402. The van der Waals surface area contributed by atoms with Gasteiger partial charge in [-0.15, -0.1) is 0 Å². The SMILES string of the molecule is CCCS(=O)(=O)CC(NCC)c1cc(C)ccc1OC. The minimum Gasteiger partial charge on any atom is -0.496 e. The zero-order valence-electron chi connectivity index (χ0n) is 12.8. The number of rotatable bonds is 8. The fourth-order valence-corrected chi connectivity index (χ4v) is 3.87. The van der Waals surface area contributed by atoms with E-state index in [0.717, 1.165) is 16.9 Å². The average Bonchev–Trinajstić information content (AvgIpc) is 2.38. The standard InChI is InChI=1S/C15H25NO3S/c1-5-9-20(17,18)11-14(16-6-2)13-10-12(3)7-8-15(13)19-4/h7-8,10,14,16H,5-6,9,11H2,1-4H3. The van der Waals surface area contributed by atoms with Crippen LogP contribution in [0.25, 0.3) is 0 Å². The summed E-state index contributed by atoms with van der Waals surface area (Å²) >= 11 is 0. The van der Waals surface area contributed by atoms with Gasteiger partial charge < -0.3 is 10.1 Å². The van der Waals surface area contributed by atoms with E-state index >= 15 is 0 Å². The molecule has 0 bridgehead atoms. The first-order valence-electron chi connectivity index (χ1n) is 7.01. The maximum Gasteiger partial charge on any atom is 0.152 e. The average molecular weight is 299 g/mol. The molecule has 1 aromatic rings. The van der Waals surface area contributed by atoms with Crippen molar-refractivity contribution >= 4 is 9.84 Å². The van der Waals surface area contributed by atoms with Gasteiger partial charge in [0, 0.05) is 17.4 Å². The minimum atomic E-state index is -3.06. The quantitative estimate of drug-likeness (QED) is 0.801. The molecule has 0 aliphatic rings. The Kier molecular flexibility index (Phi) is 6.49. The van der Waals surface area contributed by atoms with Gasteiger partial charge in [0.1, 0.15) is 5.75 Å². The van der Waals surface area contributed by atoms with Crippen LogP contribution in [-0.2, 0) is 9.84 Å². The largest absolute Gasteiger partial charge is 0.496 e. The number of hydrogen-bond acceptors (Lipinski definition) is 4. The van der Waals surface area contributed by atoms with E-state index in [1.807, 2.05) is 39.0 Å². The second kappa shape index (κ2) is 7.64. The Bertz CT molecular complexity index is 526. The molecule has 1 N–H and O–H groups in total. The van der Waals surface area contributed by atoms with Gasteiger partial charge in [-0.1, -0.05) is 31.5 Å². The Morgan fingerprint density at radius 3 is 2.55 bits per heavy atom. The van der Waals surface area contributed by atoms with Crippen molar-refractivity contribution < 1.29 is 13.2 Å². The van der Waals surface area contributed by atoms with Crippen LogP contribution < -0.4 is 10.1 Å². The van der Waals surface area contributed by atoms with Crippen molar-refractivity contribution in [1.82, 2.24) is 5.32 Å². The van der Waals surface area contributed by atoms with E-state index in [1.165, 1.54) is 0 Å². The van der Waals surface area contributed by atoms with E-state index in [4.69, 9.17) is 4.74 Å². The van der Waals surface area contributed by atoms with Crippen molar-refractivity contribution in [3.63, 3.8) is 0 Å². The van der Waals surface area contributed by atoms with Crippen LogP contribution in [0.5, 0.6) is 5.75 Å². The summed E-state index contributed by atoms with van der Waals surface area (Å²) in [4.78, 5) is 0. The van der Waals surface area contributed by atoms with Crippen molar-refractivity contribution in [3.05, 3.63) is 29.3 Å². The molecule has 0 aliphatic heterocycles. The van der Waals surface area contributed by atoms with Crippen molar-refractivity contribution in [1.29, 1.82) is 0 Å². The van der Waals surface area contributed by atoms with Crippen molar-refractivity contribution in [3.8, 4) is 5.75 Å². The molecule has 0 spiro atoms. The summed E-state index contributed by atoms with van der Waals surface area (Å²) in [6.45, 7) is 6.56. The van der Waals surface area contributed by atoms with Gasteiger partial charge in [-0.2, -0.15) is 0 Å². The predicted octanol–water partition coefficient (Wildman–Crippen LogP) is 2.48. The molecule has 1 atom stereocenters. The Labute approximate surface area is 122 Å². The summed E-state index contributed by atoms with van der Waals surface area (Å²) < 4.78 is 29.6. The van der Waals surface area contributed by atoms with Crippen molar-refractivity contribution in [2.75, 3.05) is 25.2 Å². The first kappa shape index (κ1) is 17.0. The van der Waals surface area contributed by atoms with Crippen molar-refractivity contribution in [2.45, 2.75) is 33.2 Å². The molecular weight excluding hydrogens is 274 g/mol. The Morgan fingerprint density at radius 1 is 1.30 bits per heavy atom. The van der Waals surface area contributed by atoms with Crippen molar-refractivity contribution in [2.24, 2.45) is 0 Å². The van der Waals surface area contributed by atoms with Crippen LogP contribution in [0.2, 0.25) is 0 Å². The molecular formula is C15H25NO3S. The molecule has 0 radical (unpaired) electrons. The lowest BCUT2D eigenvalue weighted by Crippen LogP contribution is -2.29. The second-order valence-corrected chi connectivity index (χ2v) is 7.20. The molecule has 0 saturated carbocycles. The predicted molar refractivity (Wildman–Crippen MR) is 83.1 cm³/mol. The number of aryl methyl sites for hydroxylation is 1. The second-order valence-electron chi connectivity index (χ2n) is 4.97. The normalized spacial score (nSPS) is 13.2. The number of methoxy groups -OCH3 is 1. The van der Waals surface area contributed by atoms with Gasteiger partial charge in [0.2, 0.25) is 0 Å². The molecule has 5 heteroatoms. The lowest BCUT2D eigenvalue weighted by atomic mass is 10.0. The molecule has 0 fully saturated rings. The van der Waals surface area contributed by atoms with Gasteiger partial charge >= 0.3 is 0 Å². The highest BCUT2D eigenvalue weighted by molar-refractivity contribution is 7.91. The van der Waals surface area contributed by atoms with Gasteiger partial charge in [0.25, 0.3) is 0 Å². The van der Waals surface area contributed by atoms with Gasteiger partial charge in [0.05, 0.1) is 12.9 Å². The molecule has 0 heterocycles. The van der Waals surface area contributed by atoms with Gasteiger partial charge in [-0.05, 0) is 26.0 Å². The Morgan fingerprint density at radius 2 is 2.00 bits per heavy atom. The smallest absolute Gasteiger partial charge is 0.152 e. The van der Waals surface area contributed by atoms with E-state index in [9.17, 15) is 8.42 Å². The van der Waals surface area contributed by atoms with Gasteiger partial charge in [-0.3, -0.25) is 0 Å². The first-order valence-corrected chi connectivity index (χ1v) is 8.84. The summed E-state index contributed by atoms with van der Waals surface area (Å²) in [5.74, 6) is 1.06. The molecule has 0 amide bonds. The molecule has 1 aromatic carbocycles. The Balaban J connectivity index is 3.10. The molecule has 0 aromatic heterocycles. The third-order valence-corrected chi connectivity index (χ3v) is 5.02. The number of sulfone groups is 1. The topological polar surface area (TPSA) is 55.4 Å². The van der Waals surface area contributed by atoms with Crippen LogP contribution in [0, 0.1) is 6.92 Å². The van der Waals surface area contributed by atoms with Gasteiger partial charge in [-0.25, -0.2) is 8.42 Å². The first-order chi connectivity index (χ1) is 9.43. The lowest BCUT2D eigenvalue weighted by Gasteiger charge is -2.21. The van der Waals surface area contributed by atoms with E-state index in [0.29, 0.717) is 13.0 Å². The fourth-order valence-electron chi connectivity index (χ4n) is 2.28. The highest BCUT2D eigenvalue weighted by atomic mass is 32.2. The van der Waals surface area contributed by atoms with Crippen LogP contribution in [0.4, 0.5) is 0 Å². The third kappa shape index (κ3) is 4.80. The summed E-state index contributed by atoms with van der Waals surface area (Å²) in [6.07, 6.45) is 0.645. The summed E-state index contributed by atoms with van der Waals surface area (Å²) in [5.41, 5.74) is 2.01. The summed E-state index contributed by atoms with van der Waals surface area (Å²) in [6, 6.07) is 5.62. The number of hydrogen-bond donors (Lipinski definition) is 1. The zero-order valence-corrected chi connectivity index (χ0v) is 13.6. The summed E-state index contributed by atoms with van der Waals surface area (Å²) in [7, 11) is -1.45. The highest BCUT2D eigenvalue weighted by Gasteiger charge is 2.22. The maximum absolute atomic E-state index is 12.1. The maximum atomic E-state index is 12.1. The molecule has 1 rings (SSSR count). The summed E-state index contributed by atoms with van der Waals surface area (Å²) in [5, 5.41) is 3.26. The monoisotopic (exact) mass is 299 g/mol. The van der Waals surface area contributed by atoms with E-state index < -0.39 is 9.84 Å². The number of nitrogens with one attached hydrogen (secondary N) is 1. The van der Waals surface area contributed by atoms with E-state index in [2.05, 4.69) is 5.32 Å². The molecule has 20 heavy (non-hydrogen) atoms. The molecule has 114 valence electrons. The van der Waals surface area contributed by atoms with E-state index in [1.54, 1.807) is 7.11 Å². The molecule has 0 saturated heterocycles. The van der Waals surface area contributed by atoms with Crippen LogP contribution in [-0.4, -0.2) is 33.6 Å². The fraction of sp³-hybridized carbons (Fsp3) is 0.600. The van der Waals surface area contributed by atoms with Crippen LogP contribution in [0.1, 0.15) is 37.4 Å². The molecule has 1 unspecified atom stereocenters. The zero-order chi connectivity index (χ0) is 15.2. The van der Waals surface area contributed by atoms with Crippen LogP contribution in [0.3, 0.4) is 0 Å². The number of ether oxygens (including phenoxy) is 1. The van der Waals surface area contributed by atoms with E-state index in [-0.39, 0.29) is 17.5 Å². The van der Waals surface area contributed by atoms with Crippen LogP contribution >= 0.6 is 0 Å². The highest BCUT2D eigenvalue weighted by Crippen LogP contribution is 2.27. The molecule has 4 nitrogen and oxygen atoms in total. The van der Waals surface area contributed by atoms with Crippen LogP contribution in [0.15, 0.2) is 18.2 Å². The van der Waals surface area contributed by atoms with Gasteiger partial charge in [0.15, 0.2) is 9.84 Å². The number of benzene rings is 1.